The molecule has 1 atom stereocenters. The number of hydrogen-bond donors (Lipinski definition) is 2. The molecule has 0 aliphatic heterocycles. The van der Waals surface area contributed by atoms with Crippen molar-refractivity contribution in [2.75, 3.05) is 19.8 Å². The van der Waals surface area contributed by atoms with Crippen molar-refractivity contribution in [3.63, 3.8) is 0 Å². The first kappa shape index (κ1) is 22.2. The third kappa shape index (κ3) is 8.00. The largest absolute Gasteiger partial charge is 0.381 e. The smallest absolute Gasteiger partial charge is 0.241 e. The van der Waals surface area contributed by atoms with Crippen LogP contribution in [0.2, 0.25) is 0 Å². The molecule has 3 N–H and O–H groups in total. The molecule has 0 heterocycles. The van der Waals surface area contributed by atoms with E-state index in [1.807, 2.05) is 49.4 Å². The fourth-order valence-corrected chi connectivity index (χ4v) is 2.51. The van der Waals surface area contributed by atoms with Gasteiger partial charge in [-0.05, 0) is 37.3 Å². The van der Waals surface area contributed by atoms with E-state index in [9.17, 15) is 4.79 Å². The summed E-state index contributed by atoms with van der Waals surface area (Å²) in [5.74, 6) is -0.131. The van der Waals surface area contributed by atoms with Crippen molar-refractivity contribution in [3.8, 4) is 0 Å². The first-order valence-electron chi connectivity index (χ1n) is 8.88. The second kappa shape index (κ2) is 12.5. The van der Waals surface area contributed by atoms with Gasteiger partial charge < -0.3 is 15.8 Å². The fourth-order valence-electron chi connectivity index (χ4n) is 2.51. The van der Waals surface area contributed by atoms with Crippen LogP contribution in [-0.4, -0.2) is 25.7 Å². The molecule has 142 valence electrons. The van der Waals surface area contributed by atoms with E-state index in [1.54, 1.807) is 0 Å². The highest BCUT2D eigenvalue weighted by atomic mass is 35.5. The molecule has 26 heavy (non-hydrogen) atoms. The molecule has 0 radical (unpaired) electrons. The van der Waals surface area contributed by atoms with E-state index in [4.69, 9.17) is 10.5 Å². The summed E-state index contributed by atoms with van der Waals surface area (Å²) >= 11 is 0. The number of benzene rings is 2. The van der Waals surface area contributed by atoms with Crippen molar-refractivity contribution in [1.29, 1.82) is 0 Å². The van der Waals surface area contributed by atoms with Crippen LogP contribution in [0.15, 0.2) is 54.6 Å². The normalized spacial score (nSPS) is 11.5. The van der Waals surface area contributed by atoms with E-state index in [0.29, 0.717) is 13.2 Å². The lowest BCUT2D eigenvalue weighted by atomic mass is 10.1. The zero-order valence-corrected chi connectivity index (χ0v) is 16.1. The molecule has 0 bridgehead atoms. The second-order valence-electron chi connectivity index (χ2n) is 6.23. The Balaban J connectivity index is 0.00000338. The number of carbonyl (C=O) groups excluding carboxylic acids is 1. The molecule has 2 rings (SSSR count). The maximum Gasteiger partial charge on any atom is 0.241 e. The standard InChI is InChI=1S/C21H28N2O2.ClH/c1-17-9-11-19(12-10-17)20(22)21(24)23-14-5-6-15-25-16-13-18-7-3-2-4-8-18;/h2-4,7-12,20H,5-6,13-16,22H2,1H3,(H,23,24);1H. The summed E-state index contributed by atoms with van der Waals surface area (Å²) in [4.78, 5) is 12.1. The Labute approximate surface area is 162 Å². The number of rotatable bonds is 10. The lowest BCUT2D eigenvalue weighted by molar-refractivity contribution is -0.122. The predicted octanol–water partition coefficient (Wildman–Crippen LogP) is 3.57. The van der Waals surface area contributed by atoms with Gasteiger partial charge in [-0.2, -0.15) is 0 Å². The number of amides is 1. The molecule has 2 aromatic rings. The van der Waals surface area contributed by atoms with Crippen LogP contribution < -0.4 is 11.1 Å². The Bertz CT molecular complexity index is 632. The molecular formula is C21H29ClN2O2. The molecule has 0 saturated heterocycles. The summed E-state index contributed by atoms with van der Waals surface area (Å²) in [5, 5.41) is 2.89. The van der Waals surface area contributed by atoms with Crippen molar-refractivity contribution < 1.29 is 9.53 Å². The van der Waals surface area contributed by atoms with E-state index in [1.165, 1.54) is 5.56 Å². The summed E-state index contributed by atoms with van der Waals surface area (Å²) < 4.78 is 5.64. The predicted molar refractivity (Wildman–Crippen MR) is 109 cm³/mol. The van der Waals surface area contributed by atoms with Gasteiger partial charge in [-0.3, -0.25) is 4.79 Å². The Morgan fingerprint density at radius 1 is 1.04 bits per heavy atom. The molecule has 0 saturated carbocycles. The van der Waals surface area contributed by atoms with Crippen LogP contribution in [0.4, 0.5) is 0 Å². The van der Waals surface area contributed by atoms with Gasteiger partial charge in [0.05, 0.1) is 6.61 Å². The van der Waals surface area contributed by atoms with E-state index in [0.717, 1.165) is 37.0 Å². The summed E-state index contributed by atoms with van der Waals surface area (Å²) in [6.07, 6.45) is 2.75. The van der Waals surface area contributed by atoms with E-state index < -0.39 is 6.04 Å². The Morgan fingerprint density at radius 2 is 1.73 bits per heavy atom. The van der Waals surface area contributed by atoms with Gasteiger partial charge in [0.25, 0.3) is 0 Å². The van der Waals surface area contributed by atoms with E-state index in [2.05, 4.69) is 17.4 Å². The topological polar surface area (TPSA) is 64.4 Å². The third-order valence-electron chi connectivity index (χ3n) is 4.11. The molecule has 4 nitrogen and oxygen atoms in total. The van der Waals surface area contributed by atoms with Crippen LogP contribution in [-0.2, 0) is 16.0 Å². The number of unbranched alkanes of at least 4 members (excludes halogenated alkanes) is 1. The Kier molecular flexibility index (Phi) is 10.6. The monoisotopic (exact) mass is 376 g/mol. The van der Waals surface area contributed by atoms with Crippen LogP contribution in [0.25, 0.3) is 0 Å². The number of nitrogens with one attached hydrogen (secondary N) is 1. The first-order chi connectivity index (χ1) is 12.2. The minimum Gasteiger partial charge on any atom is -0.381 e. The van der Waals surface area contributed by atoms with Crippen molar-refractivity contribution in [2.24, 2.45) is 5.73 Å². The molecule has 1 unspecified atom stereocenters. The zero-order chi connectivity index (χ0) is 17.9. The SMILES string of the molecule is Cc1ccc(C(N)C(=O)NCCCCOCCc2ccccc2)cc1.Cl. The maximum atomic E-state index is 12.1. The van der Waals surface area contributed by atoms with Crippen molar-refractivity contribution in [2.45, 2.75) is 32.2 Å². The summed E-state index contributed by atoms with van der Waals surface area (Å²) in [6, 6.07) is 17.4. The fraction of sp³-hybridized carbons (Fsp3) is 0.381. The van der Waals surface area contributed by atoms with Gasteiger partial charge in [-0.15, -0.1) is 12.4 Å². The van der Waals surface area contributed by atoms with Gasteiger partial charge in [-0.25, -0.2) is 0 Å². The molecule has 1 amide bonds. The van der Waals surface area contributed by atoms with Gasteiger partial charge in [0.1, 0.15) is 6.04 Å². The van der Waals surface area contributed by atoms with E-state index >= 15 is 0 Å². The maximum absolute atomic E-state index is 12.1. The molecule has 0 aliphatic rings. The number of carbonyl (C=O) groups is 1. The molecular weight excluding hydrogens is 348 g/mol. The van der Waals surface area contributed by atoms with Crippen LogP contribution in [0.1, 0.15) is 35.6 Å². The highest BCUT2D eigenvalue weighted by molar-refractivity contribution is 5.85. The van der Waals surface area contributed by atoms with Crippen LogP contribution >= 0.6 is 12.4 Å². The minimum absolute atomic E-state index is 0. The molecule has 0 aliphatic carbocycles. The number of hydrogen-bond acceptors (Lipinski definition) is 3. The Morgan fingerprint density at radius 3 is 2.42 bits per heavy atom. The summed E-state index contributed by atoms with van der Waals surface area (Å²) in [5.41, 5.74) is 9.28. The minimum atomic E-state index is -0.609. The van der Waals surface area contributed by atoms with Crippen molar-refractivity contribution in [1.82, 2.24) is 5.32 Å². The number of nitrogens with two attached hydrogens (primary N) is 1. The zero-order valence-electron chi connectivity index (χ0n) is 15.3. The highest BCUT2D eigenvalue weighted by Gasteiger charge is 2.14. The number of aryl methyl sites for hydroxylation is 1. The lowest BCUT2D eigenvalue weighted by Gasteiger charge is -2.13. The molecule has 0 spiro atoms. The van der Waals surface area contributed by atoms with Gasteiger partial charge in [0.2, 0.25) is 5.91 Å². The quantitative estimate of drug-likeness (QED) is 0.623. The van der Waals surface area contributed by atoms with Gasteiger partial charge in [0, 0.05) is 13.2 Å². The molecule has 0 fully saturated rings. The second-order valence-corrected chi connectivity index (χ2v) is 6.23. The molecule has 0 aromatic heterocycles. The average Bonchev–Trinajstić information content (AvgIpc) is 2.64. The number of ether oxygens (including phenoxy) is 1. The van der Waals surface area contributed by atoms with Crippen LogP contribution in [0, 0.1) is 6.92 Å². The van der Waals surface area contributed by atoms with Crippen LogP contribution in [0.3, 0.4) is 0 Å². The van der Waals surface area contributed by atoms with Gasteiger partial charge >= 0.3 is 0 Å². The summed E-state index contributed by atoms with van der Waals surface area (Å²) in [7, 11) is 0. The Hall–Kier alpha value is -1.88. The van der Waals surface area contributed by atoms with Crippen molar-refractivity contribution in [3.05, 3.63) is 71.3 Å². The molecule has 5 heteroatoms. The van der Waals surface area contributed by atoms with Crippen LogP contribution in [0.5, 0.6) is 0 Å². The van der Waals surface area contributed by atoms with Gasteiger partial charge in [0.15, 0.2) is 0 Å². The average molecular weight is 377 g/mol. The van der Waals surface area contributed by atoms with E-state index in [-0.39, 0.29) is 18.3 Å². The summed E-state index contributed by atoms with van der Waals surface area (Å²) in [6.45, 7) is 4.08. The van der Waals surface area contributed by atoms with Gasteiger partial charge in [-0.1, -0.05) is 60.2 Å². The van der Waals surface area contributed by atoms with Crippen molar-refractivity contribution >= 4 is 18.3 Å². The first-order valence-corrected chi connectivity index (χ1v) is 8.88. The number of halogens is 1. The lowest BCUT2D eigenvalue weighted by Crippen LogP contribution is -2.34. The third-order valence-corrected chi connectivity index (χ3v) is 4.11. The highest BCUT2D eigenvalue weighted by Crippen LogP contribution is 2.11. The molecule has 2 aromatic carbocycles.